The standard InChI is InChI=1S/C15H20N2O2/c1-3-8-16-15(19)17-9-4-5-13-10-12(11(2)18)6-7-14(13)17/h6-7,10H,3-5,8-9H2,1-2H3,(H,16,19). The van der Waals surface area contributed by atoms with Gasteiger partial charge in [-0.1, -0.05) is 6.92 Å². The molecule has 2 amide bonds. The van der Waals surface area contributed by atoms with Crippen LogP contribution in [0.5, 0.6) is 0 Å². The molecule has 0 unspecified atom stereocenters. The van der Waals surface area contributed by atoms with Gasteiger partial charge in [-0.2, -0.15) is 0 Å². The minimum atomic E-state index is -0.0432. The Morgan fingerprint density at radius 3 is 2.84 bits per heavy atom. The Morgan fingerprint density at radius 2 is 2.16 bits per heavy atom. The van der Waals surface area contributed by atoms with Gasteiger partial charge in [0.1, 0.15) is 0 Å². The van der Waals surface area contributed by atoms with Crippen LogP contribution in [-0.4, -0.2) is 24.9 Å². The van der Waals surface area contributed by atoms with E-state index in [0.29, 0.717) is 6.54 Å². The van der Waals surface area contributed by atoms with E-state index in [0.717, 1.165) is 42.6 Å². The van der Waals surface area contributed by atoms with Gasteiger partial charge in [0.25, 0.3) is 0 Å². The molecule has 0 atom stereocenters. The van der Waals surface area contributed by atoms with Crippen LogP contribution in [0, 0.1) is 0 Å². The van der Waals surface area contributed by atoms with Crippen molar-refractivity contribution < 1.29 is 9.59 Å². The summed E-state index contributed by atoms with van der Waals surface area (Å²) in [4.78, 5) is 25.3. The third-order valence-electron chi connectivity index (χ3n) is 3.38. The van der Waals surface area contributed by atoms with Crippen molar-refractivity contribution in [3.05, 3.63) is 29.3 Å². The summed E-state index contributed by atoms with van der Waals surface area (Å²) in [6, 6.07) is 5.55. The molecule has 0 radical (unpaired) electrons. The zero-order chi connectivity index (χ0) is 13.8. The number of amides is 2. The van der Waals surface area contributed by atoms with E-state index < -0.39 is 0 Å². The maximum absolute atomic E-state index is 12.1. The summed E-state index contributed by atoms with van der Waals surface area (Å²) in [5, 5.41) is 2.90. The SMILES string of the molecule is CCCNC(=O)N1CCCc2cc(C(C)=O)ccc21. The van der Waals surface area contributed by atoms with Gasteiger partial charge in [0.05, 0.1) is 0 Å². The molecule has 19 heavy (non-hydrogen) atoms. The van der Waals surface area contributed by atoms with Crippen LogP contribution >= 0.6 is 0 Å². The molecule has 0 saturated heterocycles. The van der Waals surface area contributed by atoms with E-state index in [4.69, 9.17) is 0 Å². The molecule has 0 spiro atoms. The minimum Gasteiger partial charge on any atom is -0.338 e. The fraction of sp³-hybridized carbons (Fsp3) is 0.467. The van der Waals surface area contributed by atoms with Crippen molar-refractivity contribution in [2.24, 2.45) is 0 Å². The second-order valence-corrected chi connectivity index (χ2v) is 4.89. The van der Waals surface area contributed by atoms with Crippen molar-refractivity contribution in [1.29, 1.82) is 0 Å². The van der Waals surface area contributed by atoms with Gasteiger partial charge in [-0.05, 0) is 49.9 Å². The number of anilines is 1. The number of nitrogens with one attached hydrogen (secondary N) is 1. The Labute approximate surface area is 113 Å². The smallest absolute Gasteiger partial charge is 0.321 e. The van der Waals surface area contributed by atoms with Crippen molar-refractivity contribution >= 4 is 17.5 Å². The Morgan fingerprint density at radius 1 is 1.37 bits per heavy atom. The summed E-state index contributed by atoms with van der Waals surface area (Å²) in [6.07, 6.45) is 2.79. The number of benzene rings is 1. The number of carbonyl (C=O) groups is 2. The van der Waals surface area contributed by atoms with Gasteiger partial charge in [-0.15, -0.1) is 0 Å². The first-order valence-electron chi connectivity index (χ1n) is 6.82. The molecule has 102 valence electrons. The van der Waals surface area contributed by atoms with E-state index in [-0.39, 0.29) is 11.8 Å². The lowest BCUT2D eigenvalue weighted by Gasteiger charge is -2.29. The third-order valence-corrected chi connectivity index (χ3v) is 3.38. The Bertz CT molecular complexity index is 497. The maximum atomic E-state index is 12.1. The van der Waals surface area contributed by atoms with Gasteiger partial charge in [-0.25, -0.2) is 4.79 Å². The van der Waals surface area contributed by atoms with Crippen LogP contribution in [0.4, 0.5) is 10.5 Å². The first kappa shape index (κ1) is 13.6. The van der Waals surface area contributed by atoms with Crippen molar-refractivity contribution in [3.8, 4) is 0 Å². The molecule has 1 aromatic carbocycles. The van der Waals surface area contributed by atoms with Gasteiger partial charge >= 0.3 is 6.03 Å². The highest BCUT2D eigenvalue weighted by Gasteiger charge is 2.22. The van der Waals surface area contributed by atoms with Crippen LogP contribution in [0.15, 0.2) is 18.2 Å². The zero-order valence-electron chi connectivity index (χ0n) is 11.5. The molecule has 4 nitrogen and oxygen atoms in total. The van der Waals surface area contributed by atoms with E-state index in [2.05, 4.69) is 5.32 Å². The average molecular weight is 260 g/mol. The average Bonchev–Trinajstić information content (AvgIpc) is 2.43. The van der Waals surface area contributed by atoms with Crippen molar-refractivity contribution in [1.82, 2.24) is 5.32 Å². The van der Waals surface area contributed by atoms with Crippen LogP contribution in [-0.2, 0) is 6.42 Å². The minimum absolute atomic E-state index is 0.0432. The van der Waals surface area contributed by atoms with E-state index in [1.54, 1.807) is 17.9 Å². The van der Waals surface area contributed by atoms with Crippen molar-refractivity contribution in [3.63, 3.8) is 0 Å². The highest BCUT2D eigenvalue weighted by Crippen LogP contribution is 2.28. The van der Waals surface area contributed by atoms with E-state index in [1.807, 2.05) is 19.1 Å². The summed E-state index contributed by atoms with van der Waals surface area (Å²) >= 11 is 0. The van der Waals surface area contributed by atoms with E-state index in [9.17, 15) is 9.59 Å². The summed E-state index contributed by atoms with van der Waals surface area (Å²) in [5.74, 6) is 0.0651. The molecule has 0 saturated carbocycles. The molecule has 1 heterocycles. The number of nitrogens with zero attached hydrogens (tertiary/aromatic N) is 1. The third kappa shape index (κ3) is 2.95. The molecule has 1 aliphatic heterocycles. The van der Waals surface area contributed by atoms with Crippen molar-refractivity contribution in [2.45, 2.75) is 33.1 Å². The number of ketones is 1. The largest absolute Gasteiger partial charge is 0.338 e. The maximum Gasteiger partial charge on any atom is 0.321 e. The molecular weight excluding hydrogens is 240 g/mol. The fourth-order valence-electron chi connectivity index (χ4n) is 2.35. The Balaban J connectivity index is 2.24. The lowest BCUT2D eigenvalue weighted by Crippen LogP contribution is -2.43. The number of hydrogen-bond donors (Lipinski definition) is 1. The number of Topliss-reactive ketones (excluding diaryl/α,β-unsaturated/α-hetero) is 1. The van der Waals surface area contributed by atoms with Crippen LogP contribution < -0.4 is 10.2 Å². The molecule has 1 aromatic rings. The number of rotatable bonds is 3. The summed E-state index contributed by atoms with van der Waals surface area (Å²) in [6.45, 7) is 5.03. The van der Waals surface area contributed by atoms with Crippen LogP contribution in [0.25, 0.3) is 0 Å². The monoisotopic (exact) mass is 260 g/mol. The zero-order valence-corrected chi connectivity index (χ0v) is 11.5. The lowest BCUT2D eigenvalue weighted by atomic mass is 9.98. The molecule has 1 aliphatic rings. The van der Waals surface area contributed by atoms with Gasteiger partial charge in [0.15, 0.2) is 5.78 Å². The van der Waals surface area contributed by atoms with E-state index >= 15 is 0 Å². The molecule has 4 heteroatoms. The molecule has 0 fully saturated rings. The number of aryl methyl sites for hydroxylation is 1. The number of carbonyl (C=O) groups excluding carboxylic acids is 2. The normalized spacial score (nSPS) is 13.9. The Kier molecular flexibility index (Phi) is 4.20. The first-order valence-corrected chi connectivity index (χ1v) is 6.82. The van der Waals surface area contributed by atoms with Crippen molar-refractivity contribution in [2.75, 3.05) is 18.0 Å². The predicted molar refractivity (Wildman–Crippen MR) is 75.8 cm³/mol. The number of urea groups is 1. The topological polar surface area (TPSA) is 49.4 Å². The lowest BCUT2D eigenvalue weighted by molar-refractivity contribution is 0.101. The number of hydrogen-bond acceptors (Lipinski definition) is 2. The molecule has 1 N–H and O–H groups in total. The van der Waals surface area contributed by atoms with Gasteiger partial charge in [0, 0.05) is 24.3 Å². The van der Waals surface area contributed by atoms with Gasteiger partial charge < -0.3 is 5.32 Å². The highest BCUT2D eigenvalue weighted by molar-refractivity contribution is 5.97. The van der Waals surface area contributed by atoms with Crippen LogP contribution in [0.1, 0.15) is 42.6 Å². The van der Waals surface area contributed by atoms with Crippen LogP contribution in [0.3, 0.4) is 0 Å². The summed E-state index contributed by atoms with van der Waals surface area (Å²) < 4.78 is 0. The summed E-state index contributed by atoms with van der Waals surface area (Å²) in [7, 11) is 0. The Hall–Kier alpha value is -1.84. The molecule has 0 aromatic heterocycles. The fourth-order valence-corrected chi connectivity index (χ4v) is 2.35. The van der Waals surface area contributed by atoms with Crippen LogP contribution in [0.2, 0.25) is 0 Å². The van der Waals surface area contributed by atoms with E-state index in [1.165, 1.54) is 0 Å². The first-order chi connectivity index (χ1) is 9.13. The molecule has 0 bridgehead atoms. The molecule has 2 rings (SSSR count). The quantitative estimate of drug-likeness (QED) is 0.849. The second-order valence-electron chi connectivity index (χ2n) is 4.89. The number of fused-ring (bicyclic) bond motifs is 1. The highest BCUT2D eigenvalue weighted by atomic mass is 16.2. The van der Waals surface area contributed by atoms with Gasteiger partial charge in [0.2, 0.25) is 0 Å². The molecule has 0 aliphatic carbocycles. The second kappa shape index (κ2) is 5.87. The predicted octanol–water partition coefficient (Wildman–Crippen LogP) is 2.76. The summed E-state index contributed by atoms with van der Waals surface area (Å²) in [5.41, 5.74) is 2.74. The molecular formula is C15H20N2O2. The van der Waals surface area contributed by atoms with Gasteiger partial charge in [-0.3, -0.25) is 9.69 Å².